The lowest BCUT2D eigenvalue weighted by Crippen LogP contribution is -2.22. The fourth-order valence-corrected chi connectivity index (χ4v) is 3.73. The van der Waals surface area contributed by atoms with Crippen LogP contribution in [0.1, 0.15) is 19.5 Å². The molecule has 2 amide bonds. The summed E-state index contributed by atoms with van der Waals surface area (Å²) in [5.74, 6) is 0.981. The fraction of sp³-hybridized carbons (Fsp3) is 0.0833. The first-order valence-electron chi connectivity index (χ1n) is 10.3. The number of imidazole rings is 2. The third-order valence-corrected chi connectivity index (χ3v) is 5.49. The smallest absolute Gasteiger partial charge is 0.291 e. The zero-order valence-electron chi connectivity index (χ0n) is 18.0. The molecule has 5 aromatic rings. The summed E-state index contributed by atoms with van der Waals surface area (Å²) in [6.45, 7) is 3.89. The van der Waals surface area contributed by atoms with Gasteiger partial charge in [-0.15, -0.1) is 0 Å². The van der Waals surface area contributed by atoms with Crippen LogP contribution in [-0.4, -0.2) is 30.0 Å². The number of nitrogens with zero attached hydrogens (tertiary/aromatic N) is 5. The number of carbonyl (C=O) groups excluding carboxylic acids is 1. The number of carbonyl (C=O) groups is 1. The second-order valence-electron chi connectivity index (χ2n) is 7.39. The summed E-state index contributed by atoms with van der Waals surface area (Å²) < 4.78 is 3.36. The maximum Gasteiger partial charge on any atom is 0.326 e. The van der Waals surface area contributed by atoms with Gasteiger partial charge in [0.1, 0.15) is 28.0 Å². The van der Waals surface area contributed by atoms with Gasteiger partial charge in [0.05, 0.1) is 0 Å². The van der Waals surface area contributed by atoms with Crippen LogP contribution in [-0.2, 0) is 0 Å². The molecule has 164 valence electrons. The normalized spacial score (nSPS) is 11.8. The second-order valence-corrected chi connectivity index (χ2v) is 7.78. The van der Waals surface area contributed by atoms with Crippen molar-refractivity contribution in [1.29, 1.82) is 0 Å². The molecule has 0 aliphatic heterocycles. The molecular weight excluding hydrogens is 438 g/mol. The Morgan fingerprint density at radius 3 is 2.48 bits per heavy atom. The molecule has 0 saturated carbocycles. The first kappa shape index (κ1) is 20.7. The van der Waals surface area contributed by atoms with E-state index < -0.39 is 6.03 Å². The summed E-state index contributed by atoms with van der Waals surface area (Å²) in [5, 5.41) is 10.5. The minimum absolute atomic E-state index is 0.288. The number of fused-ring (bicyclic) bond motifs is 2. The first-order chi connectivity index (χ1) is 16.0. The summed E-state index contributed by atoms with van der Waals surface area (Å²) >= 11 is 6.13. The van der Waals surface area contributed by atoms with Crippen molar-refractivity contribution in [2.24, 2.45) is 0 Å². The number of halogens is 1. The Hall–Kier alpha value is -4.17. The zero-order chi connectivity index (χ0) is 22.9. The summed E-state index contributed by atoms with van der Waals surface area (Å²) in [6, 6.07) is 18.2. The van der Waals surface area contributed by atoms with Crippen molar-refractivity contribution in [2.45, 2.75) is 13.8 Å². The van der Waals surface area contributed by atoms with Crippen LogP contribution in [0.3, 0.4) is 0 Å². The topological polar surface area (TPSA) is 88.6 Å². The van der Waals surface area contributed by atoms with Crippen LogP contribution in [0, 0.1) is 0 Å². The van der Waals surface area contributed by atoms with Gasteiger partial charge in [-0.05, 0) is 43.7 Å². The molecule has 0 unspecified atom stereocenters. The molecule has 5 rings (SSSR count). The van der Waals surface area contributed by atoms with E-state index in [0.29, 0.717) is 28.7 Å². The molecule has 4 heterocycles. The summed E-state index contributed by atoms with van der Waals surface area (Å²) in [6.07, 6.45) is 3.81. The first-order valence-corrected chi connectivity index (χ1v) is 10.7. The van der Waals surface area contributed by atoms with Crippen molar-refractivity contribution >= 4 is 46.1 Å². The maximum absolute atomic E-state index is 13.2. The lowest BCUT2D eigenvalue weighted by atomic mass is 10.1. The van der Waals surface area contributed by atoms with E-state index in [1.165, 1.54) is 4.52 Å². The van der Waals surface area contributed by atoms with Gasteiger partial charge in [-0.1, -0.05) is 54.1 Å². The van der Waals surface area contributed by atoms with Crippen LogP contribution < -0.4 is 10.6 Å². The average Bonchev–Trinajstić information content (AvgIpc) is 3.37. The Bertz CT molecular complexity index is 1520. The third kappa shape index (κ3) is 3.81. The van der Waals surface area contributed by atoms with Crippen LogP contribution in [0.5, 0.6) is 0 Å². The highest BCUT2D eigenvalue weighted by molar-refractivity contribution is 6.29. The van der Waals surface area contributed by atoms with Crippen molar-refractivity contribution in [3.63, 3.8) is 0 Å². The molecule has 0 aliphatic carbocycles. The third-order valence-electron chi connectivity index (χ3n) is 5.29. The number of nitrogens with one attached hydrogen (secondary N) is 2. The van der Waals surface area contributed by atoms with E-state index >= 15 is 0 Å². The quantitative estimate of drug-likeness (QED) is 0.359. The molecule has 0 spiro atoms. The maximum atomic E-state index is 13.2. The monoisotopic (exact) mass is 457 g/mol. The number of rotatable bonds is 4. The molecule has 0 atom stereocenters. The SMILES string of the molecule is C/C=C(\C)c1nc2ccccn2c1NC(=O)Nc1c(-c2ccccc2)nc2ccc(Cl)nn12. The van der Waals surface area contributed by atoms with Crippen molar-refractivity contribution in [3.8, 4) is 11.3 Å². The highest BCUT2D eigenvalue weighted by atomic mass is 35.5. The standard InChI is InChI=1S/C24H20ClN7O/c1-3-15(2)20-22(31-14-8-7-11-18(31)26-20)28-24(33)29-23-21(16-9-5-4-6-10-16)27-19-13-12-17(25)30-32(19)23/h3-14H,1-2H3,(H2,28,29,33)/b15-3+. The number of amides is 2. The van der Waals surface area contributed by atoms with Crippen molar-refractivity contribution in [2.75, 3.05) is 10.6 Å². The van der Waals surface area contributed by atoms with E-state index in [1.54, 1.807) is 12.1 Å². The van der Waals surface area contributed by atoms with Gasteiger partial charge in [0, 0.05) is 11.8 Å². The van der Waals surface area contributed by atoms with Gasteiger partial charge in [-0.3, -0.25) is 15.0 Å². The number of benzene rings is 1. The molecule has 0 aliphatic rings. The molecule has 0 radical (unpaired) electrons. The average molecular weight is 458 g/mol. The highest BCUT2D eigenvalue weighted by Crippen LogP contribution is 2.30. The number of hydrogen-bond acceptors (Lipinski definition) is 4. The number of allylic oxidation sites excluding steroid dienone is 2. The number of aromatic nitrogens is 5. The van der Waals surface area contributed by atoms with E-state index in [-0.39, 0.29) is 5.15 Å². The summed E-state index contributed by atoms with van der Waals surface area (Å²) in [4.78, 5) is 22.5. The molecule has 0 saturated heterocycles. The molecule has 1 aromatic carbocycles. The second kappa shape index (κ2) is 8.40. The van der Waals surface area contributed by atoms with E-state index in [9.17, 15) is 4.79 Å². The van der Waals surface area contributed by atoms with Crippen molar-refractivity contribution in [1.82, 2.24) is 24.0 Å². The minimum Gasteiger partial charge on any atom is -0.291 e. The molecular formula is C24H20ClN7O. The van der Waals surface area contributed by atoms with E-state index in [0.717, 1.165) is 16.8 Å². The summed E-state index contributed by atoms with van der Waals surface area (Å²) in [7, 11) is 0. The largest absolute Gasteiger partial charge is 0.326 e. The van der Waals surface area contributed by atoms with Crippen LogP contribution in [0.25, 0.3) is 28.1 Å². The lowest BCUT2D eigenvalue weighted by molar-refractivity contribution is 0.262. The number of urea groups is 1. The molecule has 2 N–H and O–H groups in total. The lowest BCUT2D eigenvalue weighted by Gasteiger charge is -2.10. The van der Waals surface area contributed by atoms with Gasteiger partial charge in [0.25, 0.3) is 0 Å². The fourth-order valence-electron chi connectivity index (χ4n) is 3.59. The van der Waals surface area contributed by atoms with Gasteiger partial charge in [0.2, 0.25) is 0 Å². The number of anilines is 2. The molecule has 0 fully saturated rings. The Balaban J connectivity index is 1.57. The number of hydrogen-bond donors (Lipinski definition) is 2. The van der Waals surface area contributed by atoms with E-state index in [2.05, 4.69) is 25.7 Å². The molecule has 33 heavy (non-hydrogen) atoms. The summed E-state index contributed by atoms with van der Waals surface area (Å²) in [5.41, 5.74) is 4.37. The molecule has 9 heteroatoms. The molecule has 8 nitrogen and oxygen atoms in total. The molecule has 0 bridgehead atoms. The van der Waals surface area contributed by atoms with Crippen LogP contribution >= 0.6 is 11.6 Å². The van der Waals surface area contributed by atoms with Crippen molar-refractivity contribution < 1.29 is 4.79 Å². The highest BCUT2D eigenvalue weighted by Gasteiger charge is 2.20. The minimum atomic E-state index is -0.452. The Morgan fingerprint density at radius 1 is 0.939 bits per heavy atom. The van der Waals surface area contributed by atoms with Gasteiger partial charge >= 0.3 is 6.03 Å². The van der Waals surface area contributed by atoms with Gasteiger partial charge < -0.3 is 0 Å². The zero-order valence-corrected chi connectivity index (χ0v) is 18.7. The van der Waals surface area contributed by atoms with Crippen LogP contribution in [0.4, 0.5) is 16.4 Å². The Morgan fingerprint density at radius 2 is 1.70 bits per heavy atom. The van der Waals surface area contributed by atoms with Crippen LogP contribution in [0.15, 0.2) is 72.9 Å². The number of pyridine rings is 1. The van der Waals surface area contributed by atoms with Gasteiger partial charge in [0.15, 0.2) is 11.5 Å². The predicted octanol–water partition coefficient (Wildman–Crippen LogP) is 5.76. The van der Waals surface area contributed by atoms with E-state index in [1.807, 2.05) is 79.1 Å². The van der Waals surface area contributed by atoms with Gasteiger partial charge in [-0.25, -0.2) is 14.8 Å². The van der Waals surface area contributed by atoms with Crippen molar-refractivity contribution in [3.05, 3.63) is 83.8 Å². The van der Waals surface area contributed by atoms with E-state index in [4.69, 9.17) is 11.6 Å². The molecule has 4 aromatic heterocycles. The predicted molar refractivity (Wildman–Crippen MR) is 131 cm³/mol. The van der Waals surface area contributed by atoms with Gasteiger partial charge in [-0.2, -0.15) is 9.61 Å². The van der Waals surface area contributed by atoms with Crippen LogP contribution in [0.2, 0.25) is 5.15 Å². The Kier molecular flexibility index (Phi) is 5.27. The Labute approximate surface area is 194 Å².